The van der Waals surface area contributed by atoms with Crippen molar-refractivity contribution in [2.45, 2.75) is 26.1 Å². The van der Waals surface area contributed by atoms with Crippen LogP contribution in [-0.2, 0) is 6.18 Å². The van der Waals surface area contributed by atoms with Gasteiger partial charge in [-0.15, -0.1) is 0 Å². The molecule has 31 heavy (non-hydrogen) atoms. The van der Waals surface area contributed by atoms with Crippen molar-refractivity contribution in [3.63, 3.8) is 0 Å². The first-order valence-corrected chi connectivity index (χ1v) is 9.47. The fraction of sp³-hybridized carbons (Fsp3) is 0.217. The normalized spacial score (nSPS) is 11.7. The molecule has 162 valence electrons. The van der Waals surface area contributed by atoms with Gasteiger partial charge in [0.25, 0.3) is 0 Å². The van der Waals surface area contributed by atoms with Crippen LogP contribution in [0.4, 0.5) is 13.2 Å². The highest BCUT2D eigenvalue weighted by Gasteiger charge is 2.35. The van der Waals surface area contributed by atoms with Crippen LogP contribution in [0.1, 0.15) is 36.8 Å². The number of aliphatic hydroxyl groups is 2. The number of rotatable bonds is 5. The van der Waals surface area contributed by atoms with Gasteiger partial charge in [0.1, 0.15) is 17.6 Å². The lowest BCUT2D eigenvalue weighted by Crippen LogP contribution is -2.07. The Morgan fingerprint density at radius 1 is 1.06 bits per heavy atom. The van der Waals surface area contributed by atoms with E-state index in [0.717, 1.165) is 12.1 Å². The van der Waals surface area contributed by atoms with E-state index in [1.165, 1.54) is 18.2 Å². The zero-order valence-electron chi connectivity index (χ0n) is 16.9. The predicted molar refractivity (Wildman–Crippen MR) is 109 cm³/mol. The van der Waals surface area contributed by atoms with Gasteiger partial charge in [0.2, 0.25) is 0 Å². The summed E-state index contributed by atoms with van der Waals surface area (Å²) in [5.74, 6) is -0.231. The molecular formula is C23H21F3N2O3. The van der Waals surface area contributed by atoms with Gasteiger partial charge in [-0.3, -0.25) is 0 Å². The molecule has 1 atom stereocenters. The second kappa shape index (κ2) is 10.6. The number of hydrogen-bond donors (Lipinski definition) is 2. The maximum Gasteiger partial charge on any atom is 0.420 e. The largest absolute Gasteiger partial charge is 0.457 e. The van der Waals surface area contributed by atoms with E-state index in [0.29, 0.717) is 17.0 Å². The first-order chi connectivity index (χ1) is 14.8. The molecule has 0 saturated heterocycles. The number of pyridine rings is 1. The van der Waals surface area contributed by atoms with Gasteiger partial charge in [0.05, 0.1) is 35.2 Å². The molecule has 0 aliphatic carbocycles. The van der Waals surface area contributed by atoms with Crippen LogP contribution >= 0.6 is 0 Å². The van der Waals surface area contributed by atoms with Crippen LogP contribution in [-0.4, -0.2) is 21.8 Å². The van der Waals surface area contributed by atoms with Crippen molar-refractivity contribution >= 4 is 0 Å². The van der Waals surface area contributed by atoms with E-state index >= 15 is 0 Å². The number of ether oxygens (including phenoxy) is 1. The molecule has 0 fully saturated rings. The average Bonchev–Trinajstić information content (AvgIpc) is 2.80. The molecule has 5 nitrogen and oxygen atoms in total. The summed E-state index contributed by atoms with van der Waals surface area (Å²) in [5, 5.41) is 27.6. The molecule has 0 aliphatic heterocycles. The number of nitrogens with zero attached hydrogens (tertiary/aromatic N) is 2. The van der Waals surface area contributed by atoms with Crippen molar-refractivity contribution in [1.82, 2.24) is 4.98 Å². The summed E-state index contributed by atoms with van der Waals surface area (Å²) in [4.78, 5) is 4.26. The van der Waals surface area contributed by atoms with Gasteiger partial charge in [0.15, 0.2) is 0 Å². The summed E-state index contributed by atoms with van der Waals surface area (Å²) < 4.78 is 45.1. The van der Waals surface area contributed by atoms with E-state index in [1.54, 1.807) is 36.4 Å². The summed E-state index contributed by atoms with van der Waals surface area (Å²) in [6.07, 6.45) is -5.77. The van der Waals surface area contributed by atoms with E-state index in [2.05, 4.69) is 4.98 Å². The Morgan fingerprint density at radius 3 is 2.32 bits per heavy atom. The number of halogens is 3. The number of benzene rings is 2. The maximum absolute atomic E-state index is 13.2. The second-order valence-corrected chi connectivity index (χ2v) is 6.09. The summed E-state index contributed by atoms with van der Waals surface area (Å²) in [6.45, 7) is 3.54. The molecule has 0 saturated carbocycles. The Balaban J connectivity index is 0.00000166. The van der Waals surface area contributed by atoms with E-state index in [4.69, 9.17) is 15.1 Å². The number of hydrogen-bond acceptors (Lipinski definition) is 5. The molecule has 0 aliphatic rings. The quantitative estimate of drug-likeness (QED) is 0.560. The first-order valence-electron chi connectivity index (χ1n) is 9.47. The van der Waals surface area contributed by atoms with Gasteiger partial charge in [-0.05, 0) is 54.6 Å². The van der Waals surface area contributed by atoms with Gasteiger partial charge in [0, 0.05) is 5.56 Å². The molecule has 3 rings (SSSR count). The molecule has 8 heteroatoms. The Kier molecular flexibility index (Phi) is 8.14. The van der Waals surface area contributed by atoms with Gasteiger partial charge in [-0.2, -0.15) is 18.4 Å². The Bertz CT molecular complexity index is 1050. The van der Waals surface area contributed by atoms with Crippen LogP contribution in [0.5, 0.6) is 11.5 Å². The maximum atomic E-state index is 13.2. The second-order valence-electron chi connectivity index (χ2n) is 6.09. The van der Waals surface area contributed by atoms with E-state index in [9.17, 15) is 18.3 Å². The Labute approximate surface area is 178 Å². The van der Waals surface area contributed by atoms with Crippen molar-refractivity contribution in [2.75, 3.05) is 6.61 Å². The lowest BCUT2D eigenvalue weighted by molar-refractivity contribution is -0.138. The van der Waals surface area contributed by atoms with E-state index in [-0.39, 0.29) is 11.3 Å². The Hall–Kier alpha value is -3.41. The third-order valence-electron chi connectivity index (χ3n) is 4.08. The summed E-state index contributed by atoms with van der Waals surface area (Å²) in [5.41, 5.74) is 0.331. The van der Waals surface area contributed by atoms with Gasteiger partial charge in [-0.25, -0.2) is 4.98 Å². The van der Waals surface area contributed by atoms with Crippen LogP contribution in [0.15, 0.2) is 60.7 Å². The molecule has 1 aromatic heterocycles. The molecule has 2 aromatic carbocycles. The van der Waals surface area contributed by atoms with Crippen LogP contribution < -0.4 is 4.74 Å². The molecule has 3 aromatic rings. The van der Waals surface area contributed by atoms with Crippen molar-refractivity contribution in [3.05, 3.63) is 77.5 Å². The first kappa shape index (κ1) is 23.9. The predicted octanol–water partition coefficient (Wildman–Crippen LogP) is 5.48. The van der Waals surface area contributed by atoms with Gasteiger partial charge in [-0.1, -0.05) is 19.9 Å². The molecule has 2 N–H and O–H groups in total. The van der Waals surface area contributed by atoms with Crippen LogP contribution in [0.2, 0.25) is 0 Å². The summed E-state index contributed by atoms with van der Waals surface area (Å²) >= 11 is 0. The fourth-order valence-corrected chi connectivity index (χ4v) is 2.62. The van der Waals surface area contributed by atoms with Crippen LogP contribution in [0, 0.1) is 11.3 Å². The molecule has 0 spiro atoms. The zero-order chi connectivity index (χ0) is 23.0. The molecule has 0 radical (unpaired) electrons. The molecule has 1 unspecified atom stereocenters. The lowest BCUT2D eigenvalue weighted by Gasteiger charge is -2.14. The number of nitriles is 1. The standard InChI is InChI=1S/C21H15F3N2O3.C2H6/c22-21(23,24)16-10-13(11-25)4-9-20(16)29-15-7-5-14(6-8-15)17-2-1-3-18(26-17)19(28)12-27;1-2/h1-10,19,27-28H,12H2;1-2H3. The summed E-state index contributed by atoms with van der Waals surface area (Å²) in [6, 6.07) is 15.9. The SMILES string of the molecule is CC.N#Cc1ccc(Oc2ccc(-c3cccc(C(O)CO)n3)cc2)c(C(F)(F)F)c1. The lowest BCUT2D eigenvalue weighted by atomic mass is 10.1. The van der Waals surface area contributed by atoms with E-state index in [1.807, 2.05) is 13.8 Å². The topological polar surface area (TPSA) is 86.4 Å². The van der Waals surface area contributed by atoms with Crippen molar-refractivity contribution < 1.29 is 28.1 Å². The third kappa shape index (κ3) is 6.04. The minimum atomic E-state index is -4.67. The monoisotopic (exact) mass is 430 g/mol. The minimum absolute atomic E-state index is 0.115. The van der Waals surface area contributed by atoms with Gasteiger partial charge >= 0.3 is 6.18 Å². The molecule has 1 heterocycles. The summed E-state index contributed by atoms with van der Waals surface area (Å²) in [7, 11) is 0. The highest BCUT2D eigenvalue weighted by atomic mass is 19.4. The van der Waals surface area contributed by atoms with Crippen molar-refractivity contribution in [3.8, 4) is 28.8 Å². The molecule has 0 amide bonds. The number of alkyl halides is 3. The van der Waals surface area contributed by atoms with E-state index < -0.39 is 30.2 Å². The minimum Gasteiger partial charge on any atom is -0.457 e. The van der Waals surface area contributed by atoms with Crippen molar-refractivity contribution in [1.29, 1.82) is 5.26 Å². The van der Waals surface area contributed by atoms with Crippen LogP contribution in [0.3, 0.4) is 0 Å². The molecular weight excluding hydrogens is 409 g/mol. The van der Waals surface area contributed by atoms with Crippen molar-refractivity contribution in [2.24, 2.45) is 0 Å². The number of aliphatic hydroxyl groups excluding tert-OH is 2. The average molecular weight is 430 g/mol. The Morgan fingerprint density at radius 2 is 1.74 bits per heavy atom. The highest BCUT2D eigenvalue weighted by molar-refractivity contribution is 5.60. The van der Waals surface area contributed by atoms with Gasteiger partial charge < -0.3 is 14.9 Å². The molecule has 0 bridgehead atoms. The zero-order valence-corrected chi connectivity index (χ0v) is 16.9. The third-order valence-corrected chi connectivity index (χ3v) is 4.08. The highest BCUT2D eigenvalue weighted by Crippen LogP contribution is 2.39. The number of aromatic nitrogens is 1. The smallest absolute Gasteiger partial charge is 0.420 e. The fourth-order valence-electron chi connectivity index (χ4n) is 2.62. The van der Waals surface area contributed by atoms with Crippen LogP contribution in [0.25, 0.3) is 11.3 Å².